The molecule has 178 valence electrons. The molecule has 2 aliphatic heterocycles. The van der Waals surface area contributed by atoms with Gasteiger partial charge < -0.3 is 14.8 Å². The van der Waals surface area contributed by atoms with Crippen LogP contribution in [0.5, 0.6) is 5.75 Å². The van der Waals surface area contributed by atoms with E-state index in [2.05, 4.69) is 10.2 Å². The van der Waals surface area contributed by atoms with Crippen LogP contribution >= 0.6 is 0 Å². The maximum atomic E-state index is 13.0. The lowest BCUT2D eigenvalue weighted by atomic mass is 10.0. The maximum Gasteiger partial charge on any atom is 0.251 e. The third-order valence-corrected chi connectivity index (χ3v) is 8.14. The molecule has 2 saturated heterocycles. The summed E-state index contributed by atoms with van der Waals surface area (Å²) in [6.45, 7) is 3.80. The third kappa shape index (κ3) is 5.55. The highest BCUT2D eigenvalue weighted by Gasteiger charge is 2.28. The Morgan fingerprint density at radius 3 is 2.42 bits per heavy atom. The molecule has 8 nitrogen and oxygen atoms in total. The topological polar surface area (TPSA) is 88.2 Å². The minimum absolute atomic E-state index is 0.0441. The number of carbonyl (C=O) groups is 1. The number of hydrogen-bond donors (Lipinski definition) is 1. The molecule has 0 saturated carbocycles. The first kappa shape index (κ1) is 23.7. The zero-order chi connectivity index (χ0) is 23.3. The summed E-state index contributed by atoms with van der Waals surface area (Å²) in [6.07, 6.45) is 2.28. The second kappa shape index (κ2) is 10.6. The van der Waals surface area contributed by atoms with Gasteiger partial charge in [0.2, 0.25) is 10.0 Å². The Balaban J connectivity index is 1.47. The van der Waals surface area contributed by atoms with Crippen LogP contribution in [0.15, 0.2) is 53.4 Å². The minimum atomic E-state index is -3.66. The summed E-state index contributed by atoms with van der Waals surface area (Å²) in [6, 6.07) is 14.2. The fraction of sp³-hybridized carbons (Fsp3) is 0.458. The van der Waals surface area contributed by atoms with Gasteiger partial charge in [-0.15, -0.1) is 0 Å². The number of ether oxygens (including phenoxy) is 2. The summed E-state index contributed by atoms with van der Waals surface area (Å²) >= 11 is 0. The van der Waals surface area contributed by atoms with Crippen molar-refractivity contribution in [3.05, 3.63) is 59.7 Å². The molecule has 1 amide bonds. The largest absolute Gasteiger partial charge is 0.497 e. The van der Waals surface area contributed by atoms with Crippen molar-refractivity contribution in [1.29, 1.82) is 0 Å². The van der Waals surface area contributed by atoms with Crippen molar-refractivity contribution in [2.45, 2.75) is 23.8 Å². The van der Waals surface area contributed by atoms with Gasteiger partial charge in [-0.2, -0.15) is 4.31 Å². The SMILES string of the molecule is COc1ccc([C@H](CNC(=O)c2cccc(S(=O)(=O)N3CCOCC3)c2)N2CCCC2)cc1. The van der Waals surface area contributed by atoms with E-state index in [4.69, 9.17) is 9.47 Å². The second-order valence-corrected chi connectivity index (χ2v) is 10.2. The standard InChI is InChI=1S/C24H31N3O5S/c1-31-21-9-7-19(8-10-21)23(26-11-2-3-12-26)18-25-24(28)20-5-4-6-22(17-20)33(29,30)27-13-15-32-16-14-27/h4-10,17,23H,2-3,11-16,18H2,1H3,(H,25,28)/t23-/m0/s1. The Kier molecular flexibility index (Phi) is 7.64. The van der Waals surface area contributed by atoms with Gasteiger partial charge in [-0.3, -0.25) is 9.69 Å². The molecule has 0 radical (unpaired) electrons. The third-order valence-electron chi connectivity index (χ3n) is 6.24. The molecule has 2 aliphatic rings. The summed E-state index contributed by atoms with van der Waals surface area (Å²) in [5.74, 6) is 0.507. The number of rotatable bonds is 8. The van der Waals surface area contributed by atoms with Crippen molar-refractivity contribution in [3.8, 4) is 5.75 Å². The number of nitrogens with one attached hydrogen (secondary N) is 1. The van der Waals surface area contributed by atoms with Crippen LogP contribution in [0, 0.1) is 0 Å². The van der Waals surface area contributed by atoms with Crippen LogP contribution in [0.25, 0.3) is 0 Å². The zero-order valence-electron chi connectivity index (χ0n) is 18.9. The van der Waals surface area contributed by atoms with E-state index in [1.165, 1.54) is 16.4 Å². The van der Waals surface area contributed by atoms with Crippen molar-refractivity contribution in [3.63, 3.8) is 0 Å². The first-order valence-electron chi connectivity index (χ1n) is 11.3. The number of likely N-dealkylation sites (tertiary alicyclic amines) is 1. The van der Waals surface area contributed by atoms with Crippen LogP contribution in [0.4, 0.5) is 0 Å². The van der Waals surface area contributed by atoms with Gasteiger partial charge in [-0.05, 0) is 61.8 Å². The minimum Gasteiger partial charge on any atom is -0.497 e. The van der Waals surface area contributed by atoms with Gasteiger partial charge in [0.05, 0.1) is 31.3 Å². The van der Waals surface area contributed by atoms with Crippen LogP contribution in [0.1, 0.15) is 34.8 Å². The lowest BCUT2D eigenvalue weighted by Gasteiger charge is -2.28. The predicted octanol–water partition coefficient (Wildman–Crippen LogP) is 2.28. The summed E-state index contributed by atoms with van der Waals surface area (Å²) in [4.78, 5) is 15.5. The molecule has 1 atom stereocenters. The van der Waals surface area contributed by atoms with Gasteiger partial charge in [0, 0.05) is 25.2 Å². The van der Waals surface area contributed by atoms with Gasteiger partial charge in [0.1, 0.15) is 5.75 Å². The van der Waals surface area contributed by atoms with E-state index in [1.807, 2.05) is 24.3 Å². The number of morpholine rings is 1. The summed E-state index contributed by atoms with van der Waals surface area (Å²) in [7, 11) is -2.02. The van der Waals surface area contributed by atoms with E-state index >= 15 is 0 Å². The van der Waals surface area contributed by atoms with Crippen molar-refractivity contribution in [1.82, 2.24) is 14.5 Å². The highest BCUT2D eigenvalue weighted by Crippen LogP contribution is 2.26. The number of sulfonamides is 1. The van der Waals surface area contributed by atoms with Crippen LogP contribution in [0.2, 0.25) is 0 Å². The van der Waals surface area contributed by atoms with Crippen molar-refractivity contribution < 1.29 is 22.7 Å². The Hall–Kier alpha value is -2.46. The van der Waals surface area contributed by atoms with Gasteiger partial charge in [-0.25, -0.2) is 8.42 Å². The van der Waals surface area contributed by atoms with Gasteiger partial charge >= 0.3 is 0 Å². The van der Waals surface area contributed by atoms with Crippen molar-refractivity contribution >= 4 is 15.9 Å². The summed E-state index contributed by atoms with van der Waals surface area (Å²) in [5.41, 5.74) is 1.45. The normalized spacial score (nSPS) is 18.7. The number of carbonyl (C=O) groups excluding carboxylic acids is 1. The van der Waals surface area contributed by atoms with E-state index in [9.17, 15) is 13.2 Å². The smallest absolute Gasteiger partial charge is 0.251 e. The Bertz CT molecular complexity index is 1050. The molecule has 33 heavy (non-hydrogen) atoms. The fourth-order valence-corrected chi connectivity index (χ4v) is 5.82. The average Bonchev–Trinajstić information content (AvgIpc) is 3.40. The van der Waals surface area contributed by atoms with Gasteiger partial charge in [-0.1, -0.05) is 18.2 Å². The van der Waals surface area contributed by atoms with E-state index < -0.39 is 10.0 Å². The number of amides is 1. The zero-order valence-corrected chi connectivity index (χ0v) is 19.7. The number of nitrogens with zero attached hydrogens (tertiary/aromatic N) is 2. The first-order valence-corrected chi connectivity index (χ1v) is 12.8. The number of hydrogen-bond acceptors (Lipinski definition) is 6. The molecule has 2 heterocycles. The van der Waals surface area contributed by atoms with Crippen LogP contribution in [-0.4, -0.2) is 76.6 Å². The molecule has 2 fully saturated rings. The molecule has 0 aliphatic carbocycles. The lowest BCUT2D eigenvalue weighted by molar-refractivity contribution is 0.0730. The number of benzene rings is 2. The molecule has 4 rings (SSSR count). The lowest BCUT2D eigenvalue weighted by Crippen LogP contribution is -2.40. The molecule has 0 aromatic heterocycles. The number of methoxy groups -OCH3 is 1. The van der Waals surface area contributed by atoms with E-state index in [0.29, 0.717) is 38.4 Å². The molecule has 0 unspecified atom stereocenters. The molecule has 2 aromatic carbocycles. The van der Waals surface area contributed by atoms with E-state index in [0.717, 1.165) is 37.2 Å². The molecule has 0 spiro atoms. The average molecular weight is 474 g/mol. The second-order valence-electron chi connectivity index (χ2n) is 8.29. The van der Waals surface area contributed by atoms with Crippen LogP contribution in [-0.2, 0) is 14.8 Å². The van der Waals surface area contributed by atoms with Gasteiger partial charge in [0.25, 0.3) is 5.91 Å². The monoisotopic (exact) mass is 473 g/mol. The molecule has 1 N–H and O–H groups in total. The molecular formula is C24H31N3O5S. The molecule has 9 heteroatoms. The Morgan fingerprint density at radius 1 is 1.06 bits per heavy atom. The van der Waals surface area contributed by atoms with Crippen LogP contribution < -0.4 is 10.1 Å². The maximum absolute atomic E-state index is 13.0. The van der Waals surface area contributed by atoms with Crippen molar-refractivity contribution in [2.24, 2.45) is 0 Å². The van der Waals surface area contributed by atoms with E-state index in [1.54, 1.807) is 19.2 Å². The van der Waals surface area contributed by atoms with E-state index in [-0.39, 0.29) is 16.8 Å². The Morgan fingerprint density at radius 2 is 1.76 bits per heavy atom. The summed E-state index contributed by atoms with van der Waals surface area (Å²) < 4.78 is 37.9. The van der Waals surface area contributed by atoms with Gasteiger partial charge in [0.15, 0.2) is 0 Å². The molecule has 2 aromatic rings. The molecular weight excluding hydrogens is 442 g/mol. The first-order chi connectivity index (χ1) is 16.0. The predicted molar refractivity (Wildman–Crippen MR) is 125 cm³/mol. The highest BCUT2D eigenvalue weighted by molar-refractivity contribution is 7.89. The highest BCUT2D eigenvalue weighted by atomic mass is 32.2. The molecule has 0 bridgehead atoms. The van der Waals surface area contributed by atoms with Crippen molar-refractivity contribution in [2.75, 3.05) is 53.0 Å². The van der Waals surface area contributed by atoms with Crippen LogP contribution in [0.3, 0.4) is 0 Å². The summed E-state index contributed by atoms with van der Waals surface area (Å²) in [5, 5.41) is 3.02. The Labute approximate surface area is 195 Å². The fourth-order valence-electron chi connectivity index (χ4n) is 4.36. The quantitative estimate of drug-likeness (QED) is 0.633.